The van der Waals surface area contributed by atoms with Crippen LogP contribution in [0, 0.1) is 0 Å². The number of benzene rings is 3. The zero-order chi connectivity index (χ0) is 21.8. The average molecular weight is 422 g/mol. The summed E-state index contributed by atoms with van der Waals surface area (Å²) in [5, 5.41) is 0.828. The van der Waals surface area contributed by atoms with Crippen LogP contribution < -0.4 is 14.4 Å². The van der Waals surface area contributed by atoms with E-state index in [2.05, 4.69) is 4.98 Å². The predicted octanol–water partition coefficient (Wildman–Crippen LogP) is 5.37. The second-order valence-corrected chi connectivity index (χ2v) is 7.43. The van der Waals surface area contributed by atoms with E-state index in [9.17, 15) is 4.79 Å². The number of hydrogen-bond acceptors (Lipinski definition) is 4. The number of pyridine rings is 1. The Morgan fingerprint density at radius 3 is 2.56 bits per heavy atom. The van der Waals surface area contributed by atoms with Gasteiger partial charge in [0.1, 0.15) is 13.2 Å². The summed E-state index contributed by atoms with van der Waals surface area (Å²) in [4.78, 5) is 19.9. The zero-order valence-electron chi connectivity index (χ0n) is 17.5. The van der Waals surface area contributed by atoms with E-state index in [0.29, 0.717) is 36.8 Å². The van der Waals surface area contributed by atoms with E-state index in [0.717, 1.165) is 22.2 Å². The Hall–Kier alpha value is -4.12. The molecule has 0 unspecified atom stereocenters. The number of amides is 1. The van der Waals surface area contributed by atoms with Crippen molar-refractivity contribution in [1.29, 1.82) is 0 Å². The van der Waals surface area contributed by atoms with E-state index in [1.54, 1.807) is 17.2 Å². The van der Waals surface area contributed by atoms with Crippen molar-refractivity contribution in [3.8, 4) is 11.5 Å². The third-order valence-electron chi connectivity index (χ3n) is 5.36. The minimum atomic E-state index is -0.0991. The van der Waals surface area contributed by atoms with Crippen molar-refractivity contribution in [3.05, 3.63) is 102 Å². The quantitative estimate of drug-likeness (QED) is 0.434. The molecule has 0 aliphatic carbocycles. The van der Waals surface area contributed by atoms with Gasteiger partial charge in [0.15, 0.2) is 11.5 Å². The standard InChI is InChI=1S/C27H22N2O3/c30-27(23-14-15-28-24-11-5-4-10-22(23)24)29(16-6-9-20-7-2-1-3-8-20)21-12-13-25-26(19-21)32-18-17-31-25/h1-15,19H,16-18H2/b9-6+. The van der Waals surface area contributed by atoms with Crippen molar-refractivity contribution in [1.82, 2.24) is 4.98 Å². The van der Waals surface area contributed by atoms with Gasteiger partial charge in [-0.05, 0) is 29.8 Å². The Bertz CT molecular complexity index is 1280. The van der Waals surface area contributed by atoms with Gasteiger partial charge in [0.25, 0.3) is 5.91 Å². The van der Waals surface area contributed by atoms with Crippen LogP contribution in [0.4, 0.5) is 5.69 Å². The smallest absolute Gasteiger partial charge is 0.259 e. The van der Waals surface area contributed by atoms with Crippen molar-refractivity contribution in [3.63, 3.8) is 0 Å². The van der Waals surface area contributed by atoms with Gasteiger partial charge in [0.2, 0.25) is 0 Å². The summed E-state index contributed by atoms with van der Waals surface area (Å²) in [6.07, 6.45) is 5.69. The Kier molecular flexibility index (Phi) is 5.54. The van der Waals surface area contributed by atoms with Gasteiger partial charge in [0, 0.05) is 29.9 Å². The zero-order valence-corrected chi connectivity index (χ0v) is 17.5. The highest BCUT2D eigenvalue weighted by Gasteiger charge is 2.21. The summed E-state index contributed by atoms with van der Waals surface area (Å²) in [6.45, 7) is 1.43. The van der Waals surface area contributed by atoms with Crippen LogP contribution in [0.15, 0.2) is 91.1 Å². The molecular formula is C27H22N2O3. The summed E-state index contributed by atoms with van der Waals surface area (Å²) in [7, 11) is 0. The van der Waals surface area contributed by atoms with E-state index in [1.807, 2.05) is 84.9 Å². The number of para-hydroxylation sites is 1. The molecule has 158 valence electrons. The van der Waals surface area contributed by atoms with Crippen LogP contribution >= 0.6 is 0 Å². The number of fused-ring (bicyclic) bond motifs is 2. The van der Waals surface area contributed by atoms with Crippen LogP contribution in [-0.2, 0) is 0 Å². The molecule has 1 aliphatic heterocycles. The van der Waals surface area contributed by atoms with Crippen molar-refractivity contribution in [2.24, 2.45) is 0 Å². The van der Waals surface area contributed by atoms with E-state index < -0.39 is 0 Å². The molecule has 1 aromatic heterocycles. The Labute approximate surface area is 186 Å². The second-order valence-electron chi connectivity index (χ2n) is 7.43. The van der Waals surface area contributed by atoms with Gasteiger partial charge in [-0.25, -0.2) is 0 Å². The maximum Gasteiger partial charge on any atom is 0.259 e. The third-order valence-corrected chi connectivity index (χ3v) is 5.36. The Balaban J connectivity index is 1.53. The average Bonchev–Trinajstić information content (AvgIpc) is 2.86. The fourth-order valence-corrected chi connectivity index (χ4v) is 3.79. The van der Waals surface area contributed by atoms with Gasteiger partial charge >= 0.3 is 0 Å². The first kappa shape index (κ1) is 19.8. The molecule has 3 aromatic carbocycles. The largest absolute Gasteiger partial charge is 0.486 e. The van der Waals surface area contributed by atoms with E-state index in [4.69, 9.17) is 9.47 Å². The van der Waals surface area contributed by atoms with Gasteiger partial charge in [-0.3, -0.25) is 9.78 Å². The molecule has 4 aromatic rings. The van der Waals surface area contributed by atoms with Crippen molar-refractivity contribution in [2.45, 2.75) is 0 Å². The number of carbonyl (C=O) groups excluding carboxylic acids is 1. The molecule has 5 heteroatoms. The molecule has 0 N–H and O–H groups in total. The maximum atomic E-state index is 13.8. The van der Waals surface area contributed by atoms with Gasteiger partial charge < -0.3 is 14.4 Å². The summed E-state index contributed by atoms with van der Waals surface area (Å²) < 4.78 is 11.4. The number of hydrogen-bond donors (Lipinski definition) is 0. The monoisotopic (exact) mass is 422 g/mol. The normalized spacial score (nSPS) is 12.8. The fraction of sp³-hybridized carbons (Fsp3) is 0.111. The number of nitrogens with zero attached hydrogens (tertiary/aromatic N) is 2. The van der Waals surface area contributed by atoms with E-state index >= 15 is 0 Å². The van der Waals surface area contributed by atoms with Crippen molar-refractivity contribution >= 4 is 28.6 Å². The van der Waals surface area contributed by atoms with Gasteiger partial charge in [-0.15, -0.1) is 0 Å². The molecule has 2 heterocycles. The predicted molar refractivity (Wildman–Crippen MR) is 126 cm³/mol. The Morgan fingerprint density at radius 2 is 1.69 bits per heavy atom. The SMILES string of the molecule is O=C(c1ccnc2ccccc12)N(C/C=C/c1ccccc1)c1ccc2c(c1)OCCO2. The van der Waals surface area contributed by atoms with Crippen LogP contribution in [0.5, 0.6) is 11.5 Å². The Morgan fingerprint density at radius 1 is 0.906 bits per heavy atom. The summed E-state index contributed by atoms with van der Waals surface area (Å²) in [5.74, 6) is 1.25. The molecule has 0 radical (unpaired) electrons. The van der Waals surface area contributed by atoms with Crippen LogP contribution in [0.1, 0.15) is 15.9 Å². The number of carbonyl (C=O) groups is 1. The van der Waals surface area contributed by atoms with Gasteiger partial charge in [-0.1, -0.05) is 60.7 Å². The van der Waals surface area contributed by atoms with E-state index in [-0.39, 0.29) is 5.91 Å². The number of ether oxygens (including phenoxy) is 2. The topological polar surface area (TPSA) is 51.7 Å². The van der Waals surface area contributed by atoms with Crippen LogP contribution in [0.25, 0.3) is 17.0 Å². The van der Waals surface area contributed by atoms with E-state index in [1.165, 1.54) is 0 Å². The first-order valence-corrected chi connectivity index (χ1v) is 10.6. The molecule has 1 aliphatic rings. The highest BCUT2D eigenvalue weighted by molar-refractivity contribution is 6.13. The number of anilines is 1. The summed E-state index contributed by atoms with van der Waals surface area (Å²) >= 11 is 0. The van der Waals surface area contributed by atoms with Gasteiger partial charge in [0.05, 0.1) is 11.1 Å². The molecule has 0 spiro atoms. The highest BCUT2D eigenvalue weighted by atomic mass is 16.6. The molecular weight excluding hydrogens is 400 g/mol. The van der Waals surface area contributed by atoms with Crippen LogP contribution in [0.3, 0.4) is 0 Å². The number of rotatable bonds is 5. The summed E-state index contributed by atoms with van der Waals surface area (Å²) in [6, 6.07) is 25.1. The lowest BCUT2D eigenvalue weighted by molar-refractivity contribution is 0.0991. The first-order valence-electron chi connectivity index (χ1n) is 10.6. The van der Waals surface area contributed by atoms with Crippen LogP contribution in [0.2, 0.25) is 0 Å². The molecule has 0 atom stereocenters. The molecule has 1 amide bonds. The molecule has 0 bridgehead atoms. The molecule has 0 saturated carbocycles. The lowest BCUT2D eigenvalue weighted by atomic mass is 10.1. The van der Waals surface area contributed by atoms with Crippen molar-refractivity contribution < 1.29 is 14.3 Å². The molecule has 5 nitrogen and oxygen atoms in total. The second kappa shape index (κ2) is 8.94. The maximum absolute atomic E-state index is 13.8. The lowest BCUT2D eigenvalue weighted by Crippen LogP contribution is -2.31. The highest BCUT2D eigenvalue weighted by Crippen LogP contribution is 2.34. The lowest BCUT2D eigenvalue weighted by Gasteiger charge is -2.25. The fourth-order valence-electron chi connectivity index (χ4n) is 3.79. The summed E-state index contributed by atoms with van der Waals surface area (Å²) in [5.41, 5.74) is 3.23. The minimum Gasteiger partial charge on any atom is -0.486 e. The van der Waals surface area contributed by atoms with Crippen LogP contribution in [-0.4, -0.2) is 30.6 Å². The molecule has 32 heavy (non-hydrogen) atoms. The van der Waals surface area contributed by atoms with Crippen molar-refractivity contribution in [2.75, 3.05) is 24.7 Å². The molecule has 0 fully saturated rings. The molecule has 5 rings (SSSR count). The third kappa shape index (κ3) is 4.05. The molecule has 0 saturated heterocycles. The van der Waals surface area contributed by atoms with Gasteiger partial charge in [-0.2, -0.15) is 0 Å². The first-order chi connectivity index (χ1) is 15.8. The number of aromatic nitrogens is 1. The minimum absolute atomic E-state index is 0.0991.